The molecular weight excluding hydrogens is 928 g/mol. The van der Waals surface area contributed by atoms with E-state index in [2.05, 4.69) is 238 Å². The Kier molecular flexibility index (Phi) is 21.1. The van der Waals surface area contributed by atoms with Gasteiger partial charge in [-0.15, -0.1) is 18.5 Å². The van der Waals surface area contributed by atoms with Gasteiger partial charge in [-0.25, -0.2) is 0 Å². The van der Waals surface area contributed by atoms with Gasteiger partial charge in [0.05, 0.1) is 0 Å². The van der Waals surface area contributed by atoms with Crippen LogP contribution >= 0.6 is 18.5 Å². The van der Waals surface area contributed by atoms with Crippen LogP contribution in [0.5, 0.6) is 0 Å². The third-order valence-corrected chi connectivity index (χ3v) is 14.0. The molecule has 0 spiro atoms. The summed E-state index contributed by atoms with van der Waals surface area (Å²) in [5, 5.41) is 2.63. The molecule has 64 heavy (non-hydrogen) atoms. The Morgan fingerprint density at radius 1 is 0.234 bits per heavy atom. The Morgan fingerprint density at radius 2 is 0.359 bits per heavy atom. The molecule has 2 unspecified atom stereocenters. The molecule has 0 N–H and O–H groups in total. The Balaban J connectivity index is 0.000000330. The molecule has 0 heterocycles. The Labute approximate surface area is 417 Å². The molecule has 4 heteroatoms. The molecule has 8 radical (unpaired) electrons. The predicted octanol–water partition coefficient (Wildman–Crippen LogP) is 17.3. The molecule has 336 valence electrons. The molecule has 0 fully saturated rings. The minimum atomic E-state index is 0. The summed E-state index contributed by atoms with van der Waals surface area (Å²) in [5.74, 6) is 3.86. The third kappa shape index (κ3) is 12.0. The maximum atomic E-state index is 3.11. The smallest absolute Gasteiger partial charge is 0 e. The van der Waals surface area contributed by atoms with Crippen LogP contribution in [0.1, 0.15) is 203 Å². The molecule has 0 aliphatic rings. The van der Waals surface area contributed by atoms with Crippen LogP contribution < -0.4 is 10.6 Å². The first-order valence-electron chi connectivity index (χ1n) is 23.6. The molecule has 0 bridgehead atoms. The van der Waals surface area contributed by atoms with Crippen molar-refractivity contribution in [2.75, 3.05) is 0 Å². The largest absolute Gasteiger partial charge is 0.104 e. The van der Waals surface area contributed by atoms with Crippen LogP contribution in [-0.2, 0) is 0 Å². The van der Waals surface area contributed by atoms with Crippen molar-refractivity contribution in [1.29, 1.82) is 0 Å². The van der Waals surface area contributed by atoms with Gasteiger partial charge in [0, 0.05) is 35.2 Å². The second-order valence-electron chi connectivity index (χ2n) is 20.0. The van der Waals surface area contributed by atoms with Crippen molar-refractivity contribution < 1.29 is 0 Å². The van der Waals surface area contributed by atoms with E-state index in [0.29, 0.717) is 47.3 Å². The first-order valence-corrected chi connectivity index (χ1v) is 24.7. The minimum absolute atomic E-state index is 0. The average Bonchev–Trinajstić information content (AvgIpc) is 3.22. The maximum Gasteiger partial charge on any atom is 0 e. The van der Waals surface area contributed by atoms with E-state index in [1.165, 1.54) is 99.6 Å². The summed E-state index contributed by atoms with van der Waals surface area (Å²) in [6, 6.07) is 41.1. The van der Waals surface area contributed by atoms with Crippen LogP contribution in [0.4, 0.5) is 0 Å². The second kappa shape index (κ2) is 24.3. The zero-order valence-corrected chi connectivity index (χ0v) is 48.7. The summed E-state index contributed by atoms with van der Waals surface area (Å²) < 4.78 is 0. The van der Waals surface area contributed by atoms with E-state index in [9.17, 15) is 0 Å². The van der Waals surface area contributed by atoms with Crippen molar-refractivity contribution in [3.63, 3.8) is 0 Å². The van der Waals surface area contributed by atoms with Gasteiger partial charge in [0.25, 0.3) is 0 Å². The predicted molar refractivity (Wildman–Crippen MR) is 298 cm³/mol. The zero-order chi connectivity index (χ0) is 45.7. The first kappa shape index (κ1) is 55.6. The van der Waals surface area contributed by atoms with Gasteiger partial charge in [0.15, 0.2) is 0 Å². The summed E-state index contributed by atoms with van der Waals surface area (Å²) in [6.07, 6.45) is 0. The molecule has 0 aliphatic heterocycles. The van der Waals surface area contributed by atoms with E-state index < -0.39 is 0 Å². The molecule has 2 atom stereocenters. The fourth-order valence-corrected chi connectivity index (χ4v) is 10.4. The third-order valence-electron chi connectivity index (χ3n) is 12.8. The molecule has 0 saturated heterocycles. The molecule has 6 aromatic carbocycles. The van der Waals surface area contributed by atoms with E-state index in [-0.39, 0.29) is 35.2 Å². The van der Waals surface area contributed by atoms with Crippen molar-refractivity contribution >= 4 is 64.3 Å². The van der Waals surface area contributed by atoms with Crippen molar-refractivity contribution in [1.82, 2.24) is 0 Å². The summed E-state index contributed by atoms with van der Waals surface area (Å²) in [5.41, 5.74) is 22.6. The van der Waals surface area contributed by atoms with Crippen LogP contribution in [0.3, 0.4) is 0 Å². The Bertz CT molecular complexity index is 2020. The van der Waals surface area contributed by atoms with Crippen molar-refractivity contribution in [2.45, 2.75) is 158 Å². The van der Waals surface area contributed by atoms with E-state index in [1.807, 2.05) is 0 Å². The quantitative estimate of drug-likeness (QED) is 0.0847. The van der Waals surface area contributed by atoms with Crippen LogP contribution in [0.25, 0.3) is 44.5 Å². The number of hydrogen-bond acceptors (Lipinski definition) is 0. The summed E-state index contributed by atoms with van der Waals surface area (Å²) in [7, 11) is 6.22. The van der Waals surface area contributed by atoms with Crippen LogP contribution in [0.2, 0.25) is 0 Å². The topological polar surface area (TPSA) is 0 Å². The summed E-state index contributed by atoms with van der Waals surface area (Å²) in [6.45, 7) is 36.9. The first-order chi connectivity index (χ1) is 29.3. The SMILES string of the molecule is CC(C)c1cccc(C(C)C)c1-c1cccc(-c2c(C(C)C)cccc2C(C)C)c1P.CC(C)c1cccc(C(C)C)c1-c1cccc(-c2c(C(C)C)cccc2C(C)C)c1P.[Ge].[Ge]. The van der Waals surface area contributed by atoms with Gasteiger partial charge in [-0.05, 0) is 147 Å². The summed E-state index contributed by atoms with van der Waals surface area (Å²) in [4.78, 5) is 0. The van der Waals surface area contributed by atoms with Crippen LogP contribution in [-0.4, -0.2) is 35.2 Å². The molecule has 0 aromatic heterocycles. The average molecular weight is 1010 g/mol. The van der Waals surface area contributed by atoms with E-state index >= 15 is 0 Å². The Hall–Kier alpha value is -2.73. The molecule has 0 nitrogen and oxygen atoms in total. The minimum Gasteiger partial charge on any atom is -0.104 e. The normalized spacial score (nSPS) is 11.5. The molecule has 6 rings (SSSR count). The van der Waals surface area contributed by atoms with Gasteiger partial charge in [-0.2, -0.15) is 0 Å². The zero-order valence-electron chi connectivity index (χ0n) is 42.2. The second-order valence-corrected chi connectivity index (χ2v) is 21.2. The Morgan fingerprint density at radius 3 is 0.484 bits per heavy atom. The molecule has 0 amide bonds. The van der Waals surface area contributed by atoms with Gasteiger partial charge in [-0.3, -0.25) is 0 Å². The van der Waals surface area contributed by atoms with Crippen molar-refractivity contribution in [3.8, 4) is 44.5 Å². The van der Waals surface area contributed by atoms with Gasteiger partial charge in [0.1, 0.15) is 0 Å². The van der Waals surface area contributed by atoms with Gasteiger partial charge in [-0.1, -0.05) is 220 Å². The molecule has 0 saturated carbocycles. The van der Waals surface area contributed by atoms with Gasteiger partial charge in [0.2, 0.25) is 0 Å². The fourth-order valence-electron chi connectivity index (χ4n) is 9.45. The van der Waals surface area contributed by atoms with E-state index in [1.54, 1.807) is 0 Å². The fraction of sp³-hybridized carbons (Fsp3) is 0.400. The van der Waals surface area contributed by atoms with Crippen molar-refractivity contribution in [3.05, 3.63) is 154 Å². The number of hydrogen-bond donors (Lipinski definition) is 0. The van der Waals surface area contributed by atoms with Gasteiger partial charge >= 0.3 is 0 Å². The van der Waals surface area contributed by atoms with Crippen molar-refractivity contribution in [2.24, 2.45) is 0 Å². The molecule has 0 aliphatic carbocycles. The van der Waals surface area contributed by atoms with E-state index in [4.69, 9.17) is 0 Å². The standard InChI is InChI=1S/2C30H39P.2Ge/c2*1-18(2)22-12-9-13-23(19(3)4)28(22)26-16-11-17-27(30(26)31)29-24(20(5)6)14-10-15-25(29)21(7)8;;/h2*9-21H,31H2,1-8H3;;. The van der Waals surface area contributed by atoms with E-state index in [0.717, 1.165) is 0 Å². The number of rotatable bonds is 12. The van der Waals surface area contributed by atoms with Crippen LogP contribution in [0, 0.1) is 0 Å². The number of benzene rings is 6. The van der Waals surface area contributed by atoms with Crippen LogP contribution in [0.15, 0.2) is 109 Å². The summed E-state index contributed by atoms with van der Waals surface area (Å²) >= 11 is 0. The van der Waals surface area contributed by atoms with Gasteiger partial charge < -0.3 is 0 Å². The molecule has 6 aromatic rings. The monoisotopic (exact) mass is 1010 g/mol. The molecular formula is C60H78Ge2P2. The maximum absolute atomic E-state index is 3.11.